The summed E-state index contributed by atoms with van der Waals surface area (Å²) in [5.74, 6) is 1.99. The molecule has 0 unspecified atom stereocenters. The van der Waals surface area contributed by atoms with Gasteiger partial charge < -0.3 is 0 Å². The van der Waals surface area contributed by atoms with Crippen molar-refractivity contribution in [3.63, 3.8) is 0 Å². The molecule has 138 valence electrons. The molecule has 3 heteroatoms. The predicted molar refractivity (Wildman–Crippen MR) is 105 cm³/mol. The summed E-state index contributed by atoms with van der Waals surface area (Å²) in [6, 6.07) is 4.57. The Bertz CT molecular complexity index is 571. The third-order valence-corrected chi connectivity index (χ3v) is 7.83. The molecule has 25 heavy (non-hydrogen) atoms. The van der Waals surface area contributed by atoms with Crippen molar-refractivity contribution in [1.82, 2.24) is 0 Å². The second-order valence-electron chi connectivity index (χ2n) is 8.30. The molecule has 2 saturated carbocycles. The monoisotopic (exact) mass is 362 g/mol. The van der Waals surface area contributed by atoms with Gasteiger partial charge in [-0.05, 0) is 86.8 Å². The van der Waals surface area contributed by atoms with Gasteiger partial charge in [0.2, 0.25) is 0 Å². The van der Waals surface area contributed by atoms with Crippen molar-refractivity contribution in [1.29, 1.82) is 0 Å². The highest BCUT2D eigenvalue weighted by Crippen LogP contribution is 2.38. The van der Waals surface area contributed by atoms with E-state index >= 15 is 0 Å². The van der Waals surface area contributed by atoms with Crippen LogP contribution in [0, 0.1) is 36.3 Å². The van der Waals surface area contributed by atoms with Crippen LogP contribution in [0.3, 0.4) is 0 Å². The molecule has 0 aromatic heterocycles. The second kappa shape index (κ2) is 8.61. The topological polar surface area (TPSA) is 0 Å². The van der Waals surface area contributed by atoms with Gasteiger partial charge in [0.05, 0.1) is 0 Å². The van der Waals surface area contributed by atoms with E-state index in [1.54, 1.807) is 12.1 Å². The van der Waals surface area contributed by atoms with Crippen LogP contribution in [-0.4, -0.2) is 10.2 Å². The number of halogens is 2. The lowest BCUT2D eigenvalue weighted by molar-refractivity contribution is 0.327. The van der Waals surface area contributed by atoms with E-state index in [0.717, 1.165) is 43.1 Å². The highest BCUT2D eigenvalue weighted by Gasteiger charge is 2.23. The normalized spacial score (nSPS) is 30.8. The van der Waals surface area contributed by atoms with Crippen LogP contribution in [0.5, 0.6) is 0 Å². The fraction of sp³-hybridized carbons (Fsp3) is 0.636. The molecule has 0 atom stereocenters. The molecule has 0 heterocycles. The maximum atomic E-state index is 13.8. The summed E-state index contributed by atoms with van der Waals surface area (Å²) >= 11 is 0. The van der Waals surface area contributed by atoms with Crippen molar-refractivity contribution in [2.45, 2.75) is 70.3 Å². The zero-order chi connectivity index (χ0) is 17.8. The van der Waals surface area contributed by atoms with Crippen molar-refractivity contribution >= 4 is 10.2 Å². The van der Waals surface area contributed by atoms with Crippen LogP contribution in [-0.2, 0) is 0 Å². The summed E-state index contributed by atoms with van der Waals surface area (Å²) < 4.78 is 27.6. The number of hydrogen-bond acceptors (Lipinski definition) is 0. The molecular weight excluding hydrogens is 330 g/mol. The summed E-state index contributed by atoms with van der Waals surface area (Å²) in [6.07, 6.45) is 14.9. The third-order valence-electron chi connectivity index (χ3n) is 6.67. The Hall–Kier alpha value is -0.963. The van der Waals surface area contributed by atoms with Gasteiger partial charge in [0, 0.05) is 15.8 Å². The van der Waals surface area contributed by atoms with Crippen LogP contribution in [0.2, 0.25) is 6.04 Å². The fourth-order valence-corrected chi connectivity index (χ4v) is 5.47. The minimum Gasteiger partial charge on any atom is -0.207 e. The van der Waals surface area contributed by atoms with Gasteiger partial charge in [-0.25, -0.2) is 8.78 Å². The van der Waals surface area contributed by atoms with E-state index in [4.69, 9.17) is 0 Å². The van der Waals surface area contributed by atoms with Crippen molar-refractivity contribution in [3.8, 4) is 0 Å². The first-order valence-electron chi connectivity index (χ1n) is 10.2. The third kappa shape index (κ3) is 4.81. The summed E-state index contributed by atoms with van der Waals surface area (Å²) in [5, 5.41) is 0. The molecule has 0 aliphatic heterocycles. The molecule has 0 nitrogen and oxygen atoms in total. The molecule has 3 rings (SSSR count). The average Bonchev–Trinajstić information content (AvgIpc) is 2.65. The minimum atomic E-state index is -0.401. The molecule has 2 aliphatic rings. The van der Waals surface area contributed by atoms with Crippen LogP contribution in [0.4, 0.5) is 8.78 Å². The largest absolute Gasteiger partial charge is 0.207 e. The Balaban J connectivity index is 1.50. The lowest BCUT2D eigenvalue weighted by Gasteiger charge is -2.29. The zero-order valence-corrected chi connectivity index (χ0v) is 17.7. The van der Waals surface area contributed by atoms with Gasteiger partial charge in [0.15, 0.2) is 0 Å². The minimum absolute atomic E-state index is 0.139. The van der Waals surface area contributed by atoms with E-state index in [0.29, 0.717) is 11.8 Å². The molecule has 0 saturated heterocycles. The second-order valence-corrected chi connectivity index (χ2v) is 9.11. The van der Waals surface area contributed by atoms with Gasteiger partial charge in [-0.15, -0.1) is 0 Å². The molecule has 1 aromatic carbocycles. The van der Waals surface area contributed by atoms with Gasteiger partial charge in [-0.2, -0.15) is 0 Å². The standard InChI is InChI=1S/C22H32F2Si/c1-15-21(23)12-20(13-22(15)24)19-10-8-17(9-11-19)3-2-16-4-6-18(14-25)7-5-16/h2-3,12-13,16-19H,4-11,14H2,1,25H3/b3-2+. The number of hydrogen-bond donors (Lipinski definition) is 0. The summed E-state index contributed by atoms with van der Waals surface area (Å²) in [7, 11) is 1.35. The van der Waals surface area contributed by atoms with E-state index in [1.165, 1.54) is 48.9 Å². The number of allylic oxidation sites excluding steroid dienone is 2. The zero-order valence-electron chi connectivity index (χ0n) is 15.7. The van der Waals surface area contributed by atoms with Gasteiger partial charge in [-0.1, -0.05) is 31.0 Å². The highest BCUT2D eigenvalue weighted by molar-refractivity contribution is 6.08. The molecule has 0 N–H and O–H groups in total. The van der Waals surface area contributed by atoms with Gasteiger partial charge in [-0.3, -0.25) is 0 Å². The molecule has 1 aromatic rings. The summed E-state index contributed by atoms with van der Waals surface area (Å²) in [5.41, 5.74) is 0.991. The summed E-state index contributed by atoms with van der Waals surface area (Å²) in [6.45, 7) is 1.51. The van der Waals surface area contributed by atoms with Crippen LogP contribution >= 0.6 is 0 Å². The lowest BCUT2D eigenvalue weighted by Crippen LogP contribution is -2.14. The van der Waals surface area contributed by atoms with Crippen molar-refractivity contribution < 1.29 is 8.78 Å². The first-order valence-corrected chi connectivity index (χ1v) is 11.6. The molecule has 0 spiro atoms. The maximum absolute atomic E-state index is 13.8. The van der Waals surface area contributed by atoms with Crippen molar-refractivity contribution in [2.75, 3.05) is 0 Å². The smallest absolute Gasteiger partial charge is 0.129 e. The van der Waals surface area contributed by atoms with E-state index in [9.17, 15) is 8.78 Å². The van der Waals surface area contributed by atoms with Crippen LogP contribution < -0.4 is 0 Å². The lowest BCUT2D eigenvalue weighted by atomic mass is 9.77. The Morgan fingerprint density at radius 2 is 1.36 bits per heavy atom. The van der Waals surface area contributed by atoms with Gasteiger partial charge >= 0.3 is 0 Å². The number of benzene rings is 1. The fourth-order valence-electron chi connectivity index (χ4n) is 4.65. The number of rotatable bonds is 4. The quantitative estimate of drug-likeness (QED) is 0.476. The Kier molecular flexibility index (Phi) is 6.48. The molecule has 2 aliphatic carbocycles. The molecule has 0 radical (unpaired) electrons. The first-order chi connectivity index (χ1) is 12.1. The molecule has 2 fully saturated rings. The van der Waals surface area contributed by atoms with Crippen LogP contribution in [0.25, 0.3) is 0 Å². The SMILES string of the molecule is Cc1c(F)cc(C2CCC(/C=C/C3CCC(C[SiH3])CC3)CC2)cc1F. The maximum Gasteiger partial charge on any atom is 0.129 e. The average molecular weight is 363 g/mol. The molecule has 0 amide bonds. The van der Waals surface area contributed by atoms with E-state index < -0.39 is 11.6 Å². The van der Waals surface area contributed by atoms with Gasteiger partial charge in [0.25, 0.3) is 0 Å². The van der Waals surface area contributed by atoms with Gasteiger partial charge in [0.1, 0.15) is 11.6 Å². The molecule has 0 bridgehead atoms. The van der Waals surface area contributed by atoms with E-state index in [2.05, 4.69) is 12.2 Å². The van der Waals surface area contributed by atoms with E-state index in [-0.39, 0.29) is 5.56 Å². The van der Waals surface area contributed by atoms with Crippen molar-refractivity contribution in [2.24, 2.45) is 17.8 Å². The van der Waals surface area contributed by atoms with Crippen LogP contribution in [0.15, 0.2) is 24.3 Å². The Labute approximate surface area is 154 Å². The van der Waals surface area contributed by atoms with Crippen LogP contribution in [0.1, 0.15) is 68.4 Å². The predicted octanol–water partition coefficient (Wildman–Crippen LogP) is 5.69. The van der Waals surface area contributed by atoms with E-state index in [1.807, 2.05) is 0 Å². The summed E-state index contributed by atoms with van der Waals surface area (Å²) in [4.78, 5) is 0. The Morgan fingerprint density at radius 1 is 0.880 bits per heavy atom. The molecular formula is C22H32F2Si. The highest BCUT2D eigenvalue weighted by atomic mass is 28.1. The van der Waals surface area contributed by atoms with Crippen molar-refractivity contribution in [3.05, 3.63) is 47.0 Å². The first kappa shape index (κ1) is 18.8. The Morgan fingerprint density at radius 3 is 1.84 bits per heavy atom.